The molecule has 0 atom stereocenters. The van der Waals surface area contributed by atoms with E-state index in [0.717, 1.165) is 11.1 Å². The molecule has 0 saturated carbocycles. The van der Waals surface area contributed by atoms with Crippen LogP contribution < -0.4 is 14.8 Å². The molecule has 0 bridgehead atoms. The van der Waals surface area contributed by atoms with E-state index in [-0.39, 0.29) is 17.9 Å². The van der Waals surface area contributed by atoms with Gasteiger partial charge in [0, 0.05) is 41.2 Å². The maximum atomic E-state index is 14.8. The van der Waals surface area contributed by atoms with Gasteiger partial charge in [0.2, 0.25) is 0 Å². The van der Waals surface area contributed by atoms with Crippen molar-refractivity contribution in [3.63, 3.8) is 0 Å². The lowest BCUT2D eigenvalue weighted by Gasteiger charge is -2.10. The number of aromatic nitrogens is 5. The zero-order chi connectivity index (χ0) is 25.1. The van der Waals surface area contributed by atoms with Gasteiger partial charge in [-0.25, -0.2) is 18.7 Å². The van der Waals surface area contributed by atoms with Crippen LogP contribution in [0.5, 0.6) is 11.5 Å². The average Bonchev–Trinajstić information content (AvgIpc) is 3.25. The predicted octanol–water partition coefficient (Wildman–Crippen LogP) is 5.37. The molecular formula is C26H22F2N6O2. The number of hydrogen-bond acceptors (Lipinski definition) is 7. The van der Waals surface area contributed by atoms with E-state index in [1.165, 1.54) is 23.9 Å². The van der Waals surface area contributed by atoms with Gasteiger partial charge in [0.25, 0.3) is 0 Å². The van der Waals surface area contributed by atoms with Crippen molar-refractivity contribution in [3.05, 3.63) is 84.3 Å². The van der Waals surface area contributed by atoms with E-state index in [2.05, 4.69) is 25.4 Å². The number of nitrogens with one attached hydrogen (secondary N) is 1. The van der Waals surface area contributed by atoms with Crippen molar-refractivity contribution in [2.24, 2.45) is 0 Å². The fraction of sp³-hybridized carbons (Fsp3) is 0.154. The molecule has 5 aromatic rings. The van der Waals surface area contributed by atoms with Gasteiger partial charge in [0.05, 0.1) is 32.0 Å². The first-order valence-corrected chi connectivity index (χ1v) is 11.2. The van der Waals surface area contributed by atoms with Crippen molar-refractivity contribution in [3.8, 4) is 23.0 Å². The second kappa shape index (κ2) is 9.95. The summed E-state index contributed by atoms with van der Waals surface area (Å²) < 4.78 is 41.7. The summed E-state index contributed by atoms with van der Waals surface area (Å²) >= 11 is 0. The maximum Gasteiger partial charge on any atom is 0.183 e. The van der Waals surface area contributed by atoms with Crippen molar-refractivity contribution >= 4 is 22.4 Å². The van der Waals surface area contributed by atoms with Crippen LogP contribution in [-0.2, 0) is 6.54 Å². The van der Waals surface area contributed by atoms with Gasteiger partial charge in [-0.1, -0.05) is 18.2 Å². The Morgan fingerprint density at radius 2 is 1.78 bits per heavy atom. The standard InChI is InChI=1S/C26H22F2N6O2/c1-3-36-17-12-20(27)19(21(28)13-17)15-34-22-7-5-4-6-18(22)24(33-34)26-30-14-23(35-2)25(32-26)31-16-8-10-29-11-9-16/h4-14H,3,15H2,1-2H3,(H,29,30,31,32). The maximum absolute atomic E-state index is 14.8. The highest BCUT2D eigenvalue weighted by Gasteiger charge is 2.20. The summed E-state index contributed by atoms with van der Waals surface area (Å²) in [5.74, 6) is -0.0555. The molecule has 8 nitrogen and oxygen atoms in total. The van der Waals surface area contributed by atoms with Crippen LogP contribution in [-0.4, -0.2) is 38.4 Å². The summed E-state index contributed by atoms with van der Waals surface area (Å²) in [6.45, 7) is 1.94. The van der Waals surface area contributed by atoms with Crippen LogP contribution in [0.2, 0.25) is 0 Å². The molecule has 182 valence electrons. The zero-order valence-electron chi connectivity index (χ0n) is 19.6. The molecule has 10 heteroatoms. The molecule has 0 aliphatic rings. The fourth-order valence-electron chi connectivity index (χ4n) is 3.84. The predicted molar refractivity (Wildman–Crippen MR) is 131 cm³/mol. The first kappa shape index (κ1) is 23.2. The number of hydrogen-bond donors (Lipinski definition) is 1. The number of halogens is 2. The Bertz CT molecular complexity index is 1500. The van der Waals surface area contributed by atoms with Crippen LogP contribution in [0.25, 0.3) is 22.4 Å². The molecule has 36 heavy (non-hydrogen) atoms. The van der Waals surface area contributed by atoms with Gasteiger partial charge in [-0.2, -0.15) is 5.10 Å². The number of fused-ring (bicyclic) bond motifs is 1. The summed E-state index contributed by atoms with van der Waals surface area (Å²) in [6, 6.07) is 13.3. The minimum atomic E-state index is -0.705. The quantitative estimate of drug-likeness (QED) is 0.314. The summed E-state index contributed by atoms with van der Waals surface area (Å²) in [4.78, 5) is 13.1. The third-order valence-electron chi connectivity index (χ3n) is 5.52. The minimum absolute atomic E-state index is 0.117. The molecule has 5 rings (SSSR count). The van der Waals surface area contributed by atoms with E-state index in [9.17, 15) is 8.78 Å². The molecule has 0 radical (unpaired) electrons. The van der Waals surface area contributed by atoms with Gasteiger partial charge in [-0.05, 0) is 25.1 Å². The number of para-hydroxylation sites is 1. The van der Waals surface area contributed by atoms with Crippen LogP contribution in [0.4, 0.5) is 20.3 Å². The average molecular weight is 488 g/mol. The van der Waals surface area contributed by atoms with Gasteiger partial charge in [0.15, 0.2) is 17.4 Å². The minimum Gasteiger partial charge on any atom is -0.494 e. The molecule has 0 aliphatic heterocycles. The molecule has 0 fully saturated rings. The Hall–Kier alpha value is -4.60. The van der Waals surface area contributed by atoms with E-state index in [1.54, 1.807) is 37.6 Å². The molecule has 0 amide bonds. The number of ether oxygens (including phenoxy) is 2. The molecule has 3 heterocycles. The van der Waals surface area contributed by atoms with Crippen LogP contribution in [0.1, 0.15) is 12.5 Å². The summed E-state index contributed by atoms with van der Waals surface area (Å²) in [5.41, 5.74) is 1.81. The second-order valence-corrected chi connectivity index (χ2v) is 7.79. The van der Waals surface area contributed by atoms with Crippen LogP contribution in [0.15, 0.2) is 67.1 Å². The Balaban J connectivity index is 1.56. The molecular weight excluding hydrogens is 466 g/mol. The van der Waals surface area contributed by atoms with Gasteiger partial charge in [-0.15, -0.1) is 0 Å². The normalized spacial score (nSPS) is 11.0. The molecule has 3 aromatic heterocycles. The SMILES string of the molecule is CCOc1cc(F)c(Cn2nc(-c3ncc(OC)c(Nc4ccncc4)n3)c3ccccc32)c(F)c1. The highest BCUT2D eigenvalue weighted by molar-refractivity contribution is 5.92. The van der Waals surface area contributed by atoms with Crippen LogP contribution in [0, 0.1) is 11.6 Å². The van der Waals surface area contributed by atoms with Crippen molar-refractivity contribution in [1.82, 2.24) is 24.7 Å². The topological polar surface area (TPSA) is 87.0 Å². The smallest absolute Gasteiger partial charge is 0.183 e. The van der Waals surface area contributed by atoms with Crippen LogP contribution in [0.3, 0.4) is 0 Å². The molecule has 1 N–H and O–H groups in total. The Morgan fingerprint density at radius 3 is 2.50 bits per heavy atom. The Kier molecular flexibility index (Phi) is 6.40. The van der Waals surface area contributed by atoms with E-state index in [4.69, 9.17) is 9.47 Å². The number of nitrogens with zero attached hydrogens (tertiary/aromatic N) is 5. The van der Waals surface area contributed by atoms with Gasteiger partial charge in [-0.3, -0.25) is 9.67 Å². The third-order valence-corrected chi connectivity index (χ3v) is 5.52. The number of rotatable bonds is 8. The van der Waals surface area contributed by atoms with Crippen molar-refractivity contribution in [2.75, 3.05) is 19.0 Å². The molecule has 0 aliphatic carbocycles. The summed E-state index contributed by atoms with van der Waals surface area (Å²) in [5, 5.41) is 8.59. The number of benzene rings is 2. The monoisotopic (exact) mass is 488 g/mol. The summed E-state index contributed by atoms with van der Waals surface area (Å²) in [6.07, 6.45) is 4.86. The number of anilines is 2. The van der Waals surface area contributed by atoms with E-state index < -0.39 is 11.6 Å². The first-order chi connectivity index (χ1) is 17.6. The van der Waals surface area contributed by atoms with Crippen molar-refractivity contribution < 1.29 is 18.3 Å². The van der Waals surface area contributed by atoms with Crippen molar-refractivity contribution in [2.45, 2.75) is 13.5 Å². The molecule has 2 aromatic carbocycles. The van der Waals surface area contributed by atoms with Gasteiger partial charge >= 0.3 is 0 Å². The number of pyridine rings is 1. The fourth-order valence-corrected chi connectivity index (χ4v) is 3.84. The van der Waals surface area contributed by atoms with Crippen LogP contribution >= 0.6 is 0 Å². The molecule has 0 saturated heterocycles. The lowest BCUT2D eigenvalue weighted by Crippen LogP contribution is -2.07. The van der Waals surface area contributed by atoms with Crippen molar-refractivity contribution in [1.29, 1.82) is 0 Å². The highest BCUT2D eigenvalue weighted by Crippen LogP contribution is 2.31. The number of methoxy groups -OCH3 is 1. The summed E-state index contributed by atoms with van der Waals surface area (Å²) in [7, 11) is 1.53. The Morgan fingerprint density at radius 1 is 1.03 bits per heavy atom. The lowest BCUT2D eigenvalue weighted by molar-refractivity contribution is 0.335. The second-order valence-electron chi connectivity index (χ2n) is 7.79. The van der Waals surface area contributed by atoms with Gasteiger partial charge in [0.1, 0.15) is 23.1 Å². The first-order valence-electron chi connectivity index (χ1n) is 11.2. The van der Waals surface area contributed by atoms with E-state index in [1.807, 2.05) is 24.3 Å². The zero-order valence-corrected chi connectivity index (χ0v) is 19.6. The largest absolute Gasteiger partial charge is 0.494 e. The third kappa shape index (κ3) is 4.52. The van der Waals surface area contributed by atoms with Gasteiger partial charge < -0.3 is 14.8 Å². The Labute approximate surface area is 205 Å². The molecule has 0 unspecified atom stereocenters. The highest BCUT2D eigenvalue weighted by atomic mass is 19.1. The lowest BCUT2D eigenvalue weighted by atomic mass is 10.1. The van der Waals surface area contributed by atoms with E-state index in [0.29, 0.717) is 35.2 Å². The molecule has 0 spiro atoms. The van der Waals surface area contributed by atoms with E-state index >= 15 is 0 Å².